The molecule has 0 saturated heterocycles. The van der Waals surface area contributed by atoms with Crippen molar-refractivity contribution in [2.24, 2.45) is 0 Å². The first kappa shape index (κ1) is 21.6. The van der Waals surface area contributed by atoms with E-state index < -0.39 is 6.29 Å². The number of nitrogens with one attached hydrogen (secondary N) is 2. The standard InChI is InChI=1S/C22H28N2O4/c1-4-8-19(16-9-6-5-7-10-16)15-20(25)23-24-21(26)17-11-13-18(14-12-17)22(27-2)28-3/h5-7,9-14,19,22H,4,8,15H2,1-3H3,(H,23,25)(H,24,26)/t19-/m0/s1. The smallest absolute Gasteiger partial charge is 0.269 e. The van der Waals surface area contributed by atoms with Gasteiger partial charge in [-0.2, -0.15) is 0 Å². The van der Waals surface area contributed by atoms with Gasteiger partial charge in [-0.25, -0.2) is 0 Å². The maximum Gasteiger partial charge on any atom is 0.269 e. The van der Waals surface area contributed by atoms with E-state index >= 15 is 0 Å². The Morgan fingerprint density at radius 1 is 0.893 bits per heavy atom. The molecule has 2 rings (SSSR count). The second kappa shape index (κ2) is 11.2. The molecule has 2 aromatic carbocycles. The fraction of sp³-hybridized carbons (Fsp3) is 0.364. The number of ether oxygens (including phenoxy) is 2. The predicted octanol–water partition coefficient (Wildman–Crippen LogP) is 3.71. The maximum atomic E-state index is 12.3. The van der Waals surface area contributed by atoms with Crippen molar-refractivity contribution in [1.29, 1.82) is 0 Å². The minimum absolute atomic E-state index is 0.127. The van der Waals surface area contributed by atoms with Gasteiger partial charge in [0.05, 0.1) is 0 Å². The summed E-state index contributed by atoms with van der Waals surface area (Å²) >= 11 is 0. The van der Waals surface area contributed by atoms with Crippen LogP contribution in [0.2, 0.25) is 0 Å². The van der Waals surface area contributed by atoms with E-state index in [1.807, 2.05) is 30.3 Å². The van der Waals surface area contributed by atoms with Gasteiger partial charge in [0.1, 0.15) is 0 Å². The Morgan fingerprint density at radius 2 is 1.54 bits per heavy atom. The summed E-state index contributed by atoms with van der Waals surface area (Å²) in [6.45, 7) is 2.09. The highest BCUT2D eigenvalue weighted by Crippen LogP contribution is 2.24. The molecule has 0 aliphatic heterocycles. The molecule has 150 valence electrons. The summed E-state index contributed by atoms with van der Waals surface area (Å²) in [7, 11) is 3.09. The van der Waals surface area contributed by atoms with Crippen LogP contribution in [0.4, 0.5) is 0 Å². The minimum atomic E-state index is -0.481. The van der Waals surface area contributed by atoms with Crippen molar-refractivity contribution in [2.45, 2.75) is 38.4 Å². The zero-order valence-electron chi connectivity index (χ0n) is 16.6. The second-order valence-corrected chi connectivity index (χ2v) is 6.53. The van der Waals surface area contributed by atoms with E-state index in [0.717, 1.165) is 24.0 Å². The molecule has 2 N–H and O–H groups in total. The van der Waals surface area contributed by atoms with E-state index in [2.05, 4.69) is 17.8 Å². The second-order valence-electron chi connectivity index (χ2n) is 6.53. The third kappa shape index (κ3) is 6.18. The first-order chi connectivity index (χ1) is 13.6. The lowest BCUT2D eigenvalue weighted by Gasteiger charge is -2.17. The quantitative estimate of drug-likeness (QED) is 0.510. The van der Waals surface area contributed by atoms with Gasteiger partial charge in [0, 0.05) is 31.8 Å². The highest BCUT2D eigenvalue weighted by atomic mass is 16.7. The van der Waals surface area contributed by atoms with Crippen LogP contribution < -0.4 is 10.9 Å². The minimum Gasteiger partial charge on any atom is -0.352 e. The Hall–Kier alpha value is -2.70. The summed E-state index contributed by atoms with van der Waals surface area (Å²) in [5, 5.41) is 0. The average Bonchev–Trinajstić information content (AvgIpc) is 2.73. The summed E-state index contributed by atoms with van der Waals surface area (Å²) < 4.78 is 10.4. The van der Waals surface area contributed by atoms with Gasteiger partial charge in [0.2, 0.25) is 5.91 Å². The van der Waals surface area contributed by atoms with Gasteiger partial charge in [0.25, 0.3) is 5.91 Å². The van der Waals surface area contributed by atoms with E-state index in [1.54, 1.807) is 38.5 Å². The Balaban J connectivity index is 1.90. The van der Waals surface area contributed by atoms with Crippen LogP contribution >= 0.6 is 0 Å². The average molecular weight is 384 g/mol. The SMILES string of the molecule is CCC[C@@H](CC(=O)NNC(=O)c1ccc(C(OC)OC)cc1)c1ccccc1. The highest BCUT2D eigenvalue weighted by molar-refractivity contribution is 5.95. The van der Waals surface area contributed by atoms with Crippen molar-refractivity contribution >= 4 is 11.8 Å². The molecule has 0 saturated carbocycles. The highest BCUT2D eigenvalue weighted by Gasteiger charge is 2.16. The lowest BCUT2D eigenvalue weighted by atomic mass is 9.91. The Labute approximate surface area is 166 Å². The van der Waals surface area contributed by atoms with Crippen LogP contribution in [0.3, 0.4) is 0 Å². The van der Waals surface area contributed by atoms with Crippen LogP contribution in [0.15, 0.2) is 54.6 Å². The maximum absolute atomic E-state index is 12.3. The lowest BCUT2D eigenvalue weighted by Crippen LogP contribution is -2.42. The van der Waals surface area contributed by atoms with E-state index in [4.69, 9.17) is 9.47 Å². The van der Waals surface area contributed by atoms with Crippen molar-refractivity contribution in [3.05, 3.63) is 71.3 Å². The van der Waals surface area contributed by atoms with Gasteiger partial charge in [-0.05, 0) is 30.0 Å². The van der Waals surface area contributed by atoms with Crippen molar-refractivity contribution < 1.29 is 19.1 Å². The van der Waals surface area contributed by atoms with Crippen molar-refractivity contribution in [1.82, 2.24) is 10.9 Å². The van der Waals surface area contributed by atoms with Crippen LogP contribution in [-0.4, -0.2) is 26.0 Å². The first-order valence-corrected chi connectivity index (χ1v) is 9.38. The number of amides is 2. The number of benzene rings is 2. The summed E-state index contributed by atoms with van der Waals surface area (Å²) in [5.74, 6) is -0.466. The number of hydrogen-bond donors (Lipinski definition) is 2. The molecule has 6 nitrogen and oxygen atoms in total. The van der Waals surface area contributed by atoms with Crippen LogP contribution in [0.5, 0.6) is 0 Å². The lowest BCUT2D eigenvalue weighted by molar-refractivity contribution is -0.122. The van der Waals surface area contributed by atoms with Crippen LogP contribution in [0.1, 0.15) is 59.9 Å². The van der Waals surface area contributed by atoms with Crippen LogP contribution in [0.25, 0.3) is 0 Å². The van der Waals surface area contributed by atoms with Crippen molar-refractivity contribution in [3.63, 3.8) is 0 Å². The molecule has 0 aliphatic carbocycles. The molecule has 0 bridgehead atoms. The number of hydrazine groups is 1. The molecule has 0 heterocycles. The van der Waals surface area contributed by atoms with Crippen LogP contribution in [0, 0.1) is 0 Å². The molecule has 0 aromatic heterocycles. The van der Waals surface area contributed by atoms with Gasteiger partial charge in [-0.15, -0.1) is 0 Å². The third-order valence-corrected chi connectivity index (χ3v) is 4.53. The summed E-state index contributed by atoms with van der Waals surface area (Å²) in [6, 6.07) is 16.8. The monoisotopic (exact) mass is 384 g/mol. The number of rotatable bonds is 9. The number of methoxy groups -OCH3 is 2. The molecule has 0 fully saturated rings. The molecule has 2 amide bonds. The number of hydrogen-bond acceptors (Lipinski definition) is 4. The van der Waals surface area contributed by atoms with E-state index in [-0.39, 0.29) is 17.7 Å². The molecule has 0 aliphatic rings. The van der Waals surface area contributed by atoms with Gasteiger partial charge in [-0.1, -0.05) is 55.8 Å². The van der Waals surface area contributed by atoms with Crippen molar-refractivity contribution in [2.75, 3.05) is 14.2 Å². The molecule has 6 heteroatoms. The Bertz CT molecular complexity index is 743. The third-order valence-electron chi connectivity index (χ3n) is 4.53. The molecule has 0 spiro atoms. The number of carbonyl (C=O) groups excluding carboxylic acids is 2. The molecule has 0 radical (unpaired) electrons. The Kier molecular flexibility index (Phi) is 8.65. The zero-order chi connectivity index (χ0) is 20.4. The van der Waals surface area contributed by atoms with E-state index in [9.17, 15) is 9.59 Å². The fourth-order valence-corrected chi connectivity index (χ4v) is 3.09. The Morgan fingerprint density at radius 3 is 2.11 bits per heavy atom. The summed E-state index contributed by atoms with van der Waals surface area (Å²) in [4.78, 5) is 24.6. The zero-order valence-corrected chi connectivity index (χ0v) is 16.6. The molecular formula is C22H28N2O4. The topological polar surface area (TPSA) is 76.7 Å². The largest absolute Gasteiger partial charge is 0.352 e. The molecular weight excluding hydrogens is 356 g/mol. The molecule has 0 unspecified atom stereocenters. The van der Waals surface area contributed by atoms with Gasteiger partial charge < -0.3 is 9.47 Å². The van der Waals surface area contributed by atoms with Crippen molar-refractivity contribution in [3.8, 4) is 0 Å². The first-order valence-electron chi connectivity index (χ1n) is 9.38. The summed E-state index contributed by atoms with van der Waals surface area (Å²) in [6.07, 6.45) is 1.73. The van der Waals surface area contributed by atoms with E-state index in [1.165, 1.54) is 0 Å². The number of carbonyl (C=O) groups is 2. The van der Waals surface area contributed by atoms with Gasteiger partial charge in [0.15, 0.2) is 6.29 Å². The van der Waals surface area contributed by atoms with Gasteiger partial charge >= 0.3 is 0 Å². The fourth-order valence-electron chi connectivity index (χ4n) is 3.09. The predicted molar refractivity (Wildman–Crippen MR) is 108 cm³/mol. The molecule has 2 aromatic rings. The normalized spacial score (nSPS) is 11.9. The van der Waals surface area contributed by atoms with E-state index in [0.29, 0.717) is 12.0 Å². The molecule has 1 atom stereocenters. The molecule has 28 heavy (non-hydrogen) atoms. The summed E-state index contributed by atoms with van der Waals surface area (Å²) in [5.41, 5.74) is 7.35. The van der Waals surface area contributed by atoms with Crippen LogP contribution in [-0.2, 0) is 14.3 Å². The van der Waals surface area contributed by atoms with Gasteiger partial charge in [-0.3, -0.25) is 20.4 Å².